The Morgan fingerprint density at radius 1 is 0.960 bits per heavy atom. The van der Waals surface area contributed by atoms with Gasteiger partial charge in [-0.15, -0.1) is 0 Å². The third-order valence-corrected chi connectivity index (χ3v) is 5.40. The molecule has 130 valence electrons. The number of Topliss-reactive ketones (excluding diaryl/α,β-unsaturated/α-hetero) is 2. The lowest BCUT2D eigenvalue weighted by Crippen LogP contribution is -2.29. The van der Waals surface area contributed by atoms with E-state index in [0.29, 0.717) is 5.56 Å². The average Bonchev–Trinajstić information content (AvgIpc) is 3.45. The van der Waals surface area contributed by atoms with Gasteiger partial charge in [-0.1, -0.05) is 12.1 Å². The Balaban J connectivity index is 1.65. The number of rotatable bonds is 7. The third-order valence-electron chi connectivity index (χ3n) is 3.99. The molecule has 0 saturated heterocycles. The zero-order valence-electron chi connectivity index (χ0n) is 13.2. The van der Waals surface area contributed by atoms with Crippen molar-refractivity contribution in [1.29, 1.82) is 0 Å². The highest BCUT2D eigenvalue weighted by Gasteiger charge is 2.30. The van der Waals surface area contributed by atoms with E-state index in [1.165, 1.54) is 36.4 Å². The smallest absolute Gasteiger partial charge is 0.240 e. The molecule has 2 aromatic carbocycles. The lowest BCUT2D eigenvalue weighted by atomic mass is 10.1. The molecule has 1 N–H and O–H groups in total. The Bertz CT molecular complexity index is 901. The summed E-state index contributed by atoms with van der Waals surface area (Å²) in [6.45, 7) is -0.434. The van der Waals surface area contributed by atoms with E-state index < -0.39 is 28.2 Å². The second-order valence-electron chi connectivity index (χ2n) is 5.92. The molecule has 5 nitrogen and oxygen atoms in total. The molecule has 0 aliphatic heterocycles. The lowest BCUT2D eigenvalue weighted by Gasteiger charge is -2.07. The van der Waals surface area contributed by atoms with Crippen LogP contribution in [0.4, 0.5) is 4.39 Å². The van der Waals surface area contributed by atoms with E-state index >= 15 is 0 Å². The predicted octanol–water partition coefficient (Wildman–Crippen LogP) is 2.58. The van der Waals surface area contributed by atoms with Gasteiger partial charge >= 0.3 is 0 Å². The van der Waals surface area contributed by atoms with Gasteiger partial charge in [-0.25, -0.2) is 17.5 Å². The van der Waals surface area contributed by atoms with Crippen molar-refractivity contribution in [3.63, 3.8) is 0 Å². The molecule has 0 radical (unpaired) electrons. The van der Waals surface area contributed by atoms with Gasteiger partial charge in [-0.3, -0.25) is 9.59 Å². The summed E-state index contributed by atoms with van der Waals surface area (Å²) in [5, 5.41) is 0. The Kier molecular flexibility index (Phi) is 4.78. The standard InChI is InChI=1S/C18H16FNO4S/c19-15-7-3-12(4-8-15)17(21)11-20-25(23,24)16-9-5-14(6-10-16)18(22)13-1-2-13/h3-10,13,20H,1-2,11H2. The van der Waals surface area contributed by atoms with Crippen LogP contribution >= 0.6 is 0 Å². The number of carbonyl (C=O) groups excluding carboxylic acids is 2. The highest BCUT2D eigenvalue weighted by molar-refractivity contribution is 7.89. The molecule has 1 fully saturated rings. The van der Waals surface area contributed by atoms with E-state index in [0.717, 1.165) is 25.0 Å². The van der Waals surface area contributed by atoms with Gasteiger partial charge in [0.25, 0.3) is 0 Å². The van der Waals surface area contributed by atoms with Crippen molar-refractivity contribution in [1.82, 2.24) is 4.72 Å². The number of nitrogens with one attached hydrogen (secondary N) is 1. The number of hydrogen-bond acceptors (Lipinski definition) is 4. The van der Waals surface area contributed by atoms with Gasteiger partial charge in [0, 0.05) is 17.0 Å². The molecule has 1 aliphatic carbocycles. The molecular weight excluding hydrogens is 345 g/mol. The van der Waals surface area contributed by atoms with Crippen LogP contribution in [0, 0.1) is 11.7 Å². The maximum Gasteiger partial charge on any atom is 0.240 e. The second kappa shape index (κ2) is 6.85. The van der Waals surface area contributed by atoms with Gasteiger partial charge in [0.05, 0.1) is 11.4 Å². The van der Waals surface area contributed by atoms with E-state index in [-0.39, 0.29) is 22.2 Å². The molecule has 0 aromatic heterocycles. The molecule has 0 amide bonds. The zero-order valence-corrected chi connectivity index (χ0v) is 14.1. The molecule has 0 spiro atoms. The zero-order chi connectivity index (χ0) is 18.0. The van der Waals surface area contributed by atoms with Crippen LogP contribution in [0.3, 0.4) is 0 Å². The van der Waals surface area contributed by atoms with Gasteiger partial charge in [0.2, 0.25) is 10.0 Å². The Morgan fingerprint density at radius 3 is 2.08 bits per heavy atom. The molecular formula is C18H16FNO4S. The first-order valence-electron chi connectivity index (χ1n) is 7.79. The van der Waals surface area contributed by atoms with Gasteiger partial charge < -0.3 is 0 Å². The summed E-state index contributed by atoms with van der Waals surface area (Å²) >= 11 is 0. The second-order valence-corrected chi connectivity index (χ2v) is 7.68. The molecule has 0 unspecified atom stereocenters. The van der Waals surface area contributed by atoms with Crippen LogP contribution in [0.25, 0.3) is 0 Å². The quantitative estimate of drug-likeness (QED) is 0.769. The minimum atomic E-state index is -3.87. The first kappa shape index (κ1) is 17.4. The van der Waals surface area contributed by atoms with Crippen LogP contribution in [0.1, 0.15) is 33.6 Å². The summed E-state index contributed by atoms with van der Waals surface area (Å²) in [6.07, 6.45) is 1.76. The fourth-order valence-corrected chi connectivity index (χ4v) is 3.34. The molecule has 3 rings (SSSR count). The normalized spacial score (nSPS) is 14.3. The molecule has 0 bridgehead atoms. The fraction of sp³-hybridized carbons (Fsp3) is 0.222. The first-order valence-corrected chi connectivity index (χ1v) is 9.28. The topological polar surface area (TPSA) is 80.3 Å². The Morgan fingerprint density at radius 2 is 1.52 bits per heavy atom. The third kappa shape index (κ3) is 4.18. The van der Waals surface area contributed by atoms with Crippen LogP contribution in [-0.4, -0.2) is 26.5 Å². The minimum Gasteiger partial charge on any atom is -0.294 e. The van der Waals surface area contributed by atoms with Crippen molar-refractivity contribution < 1.29 is 22.4 Å². The summed E-state index contributed by atoms with van der Waals surface area (Å²) in [5.41, 5.74) is 0.707. The van der Waals surface area contributed by atoms with E-state index in [1.807, 2.05) is 0 Å². The molecule has 2 aromatic rings. The van der Waals surface area contributed by atoms with E-state index in [4.69, 9.17) is 0 Å². The molecule has 1 saturated carbocycles. The first-order chi connectivity index (χ1) is 11.9. The number of carbonyl (C=O) groups is 2. The largest absolute Gasteiger partial charge is 0.294 e. The predicted molar refractivity (Wildman–Crippen MR) is 89.4 cm³/mol. The number of halogens is 1. The summed E-state index contributed by atoms with van der Waals surface area (Å²) in [5.74, 6) is -0.848. The van der Waals surface area contributed by atoms with Gasteiger partial charge in [-0.05, 0) is 49.2 Å². The summed E-state index contributed by atoms with van der Waals surface area (Å²) < 4.78 is 39.5. The van der Waals surface area contributed by atoms with Crippen molar-refractivity contribution in [2.75, 3.05) is 6.54 Å². The van der Waals surface area contributed by atoms with Crippen LogP contribution in [-0.2, 0) is 10.0 Å². The fourth-order valence-electron chi connectivity index (χ4n) is 2.36. The SMILES string of the molecule is O=C(CNS(=O)(=O)c1ccc(C(=O)C2CC2)cc1)c1ccc(F)cc1. The highest BCUT2D eigenvalue weighted by Crippen LogP contribution is 2.32. The summed E-state index contributed by atoms with van der Waals surface area (Å²) in [6, 6.07) is 10.5. The summed E-state index contributed by atoms with van der Waals surface area (Å²) in [4.78, 5) is 23.9. The molecule has 1 aliphatic rings. The van der Waals surface area contributed by atoms with Crippen LogP contribution in [0.15, 0.2) is 53.4 Å². The van der Waals surface area contributed by atoms with Crippen LogP contribution in [0.5, 0.6) is 0 Å². The summed E-state index contributed by atoms with van der Waals surface area (Å²) in [7, 11) is -3.87. The molecule has 25 heavy (non-hydrogen) atoms. The number of hydrogen-bond donors (Lipinski definition) is 1. The van der Waals surface area contributed by atoms with E-state index in [1.54, 1.807) is 0 Å². The van der Waals surface area contributed by atoms with Crippen molar-refractivity contribution in [3.8, 4) is 0 Å². The Hall–Kier alpha value is -2.38. The Labute approximate surface area is 144 Å². The van der Waals surface area contributed by atoms with Crippen LogP contribution < -0.4 is 4.72 Å². The van der Waals surface area contributed by atoms with E-state index in [2.05, 4.69) is 4.72 Å². The monoisotopic (exact) mass is 361 g/mol. The van der Waals surface area contributed by atoms with Crippen LogP contribution in [0.2, 0.25) is 0 Å². The molecule has 0 atom stereocenters. The van der Waals surface area contributed by atoms with Crippen molar-refractivity contribution in [3.05, 3.63) is 65.5 Å². The van der Waals surface area contributed by atoms with E-state index in [9.17, 15) is 22.4 Å². The maximum atomic E-state index is 12.8. The molecule has 7 heteroatoms. The number of benzene rings is 2. The van der Waals surface area contributed by atoms with Gasteiger partial charge in [0.15, 0.2) is 11.6 Å². The maximum absolute atomic E-state index is 12.8. The van der Waals surface area contributed by atoms with Gasteiger partial charge in [0.1, 0.15) is 5.82 Å². The highest BCUT2D eigenvalue weighted by atomic mass is 32.2. The number of sulfonamides is 1. The average molecular weight is 361 g/mol. The van der Waals surface area contributed by atoms with Gasteiger partial charge in [-0.2, -0.15) is 0 Å². The van der Waals surface area contributed by atoms with Crippen molar-refractivity contribution in [2.24, 2.45) is 5.92 Å². The van der Waals surface area contributed by atoms with Crippen molar-refractivity contribution in [2.45, 2.75) is 17.7 Å². The lowest BCUT2D eigenvalue weighted by molar-refractivity contribution is 0.0966. The van der Waals surface area contributed by atoms with Crippen molar-refractivity contribution >= 4 is 21.6 Å². The minimum absolute atomic E-state index is 0.0215. The molecule has 0 heterocycles. The number of ketones is 2.